The molecule has 7 heteroatoms. The predicted molar refractivity (Wildman–Crippen MR) is 92.0 cm³/mol. The molecule has 122 valence electrons. The first-order valence-electron chi connectivity index (χ1n) is 7.95. The molecule has 0 spiro atoms. The summed E-state index contributed by atoms with van der Waals surface area (Å²) in [6, 6.07) is 6.31. The van der Waals surface area contributed by atoms with E-state index in [2.05, 4.69) is 30.4 Å². The summed E-state index contributed by atoms with van der Waals surface area (Å²) >= 11 is 0. The van der Waals surface area contributed by atoms with Crippen LogP contribution in [0.3, 0.4) is 0 Å². The summed E-state index contributed by atoms with van der Waals surface area (Å²) in [5.41, 5.74) is 0.961. The molecular formula is C16H23N7. The first-order chi connectivity index (χ1) is 11.1. The van der Waals surface area contributed by atoms with Crippen molar-refractivity contribution in [2.45, 2.75) is 25.8 Å². The molecule has 1 saturated heterocycles. The van der Waals surface area contributed by atoms with Crippen LogP contribution in [0.2, 0.25) is 0 Å². The monoisotopic (exact) mass is 313 g/mol. The zero-order valence-electron chi connectivity index (χ0n) is 13.9. The Morgan fingerprint density at radius 2 is 2.22 bits per heavy atom. The van der Waals surface area contributed by atoms with Gasteiger partial charge in [-0.15, -0.1) is 5.10 Å². The maximum Gasteiger partial charge on any atom is 0.224 e. The highest BCUT2D eigenvalue weighted by Crippen LogP contribution is 2.23. The molecule has 1 aliphatic rings. The highest BCUT2D eigenvalue weighted by Gasteiger charge is 2.25. The van der Waals surface area contributed by atoms with Gasteiger partial charge in [0.15, 0.2) is 5.82 Å². The average Bonchev–Trinajstić information content (AvgIpc) is 3.02. The lowest BCUT2D eigenvalue weighted by molar-refractivity contribution is 0.683. The zero-order chi connectivity index (χ0) is 16.2. The molecule has 0 aliphatic carbocycles. The van der Waals surface area contributed by atoms with Crippen molar-refractivity contribution in [3.8, 4) is 0 Å². The largest absolute Gasteiger partial charge is 0.363 e. The van der Waals surface area contributed by atoms with Gasteiger partial charge in [-0.3, -0.25) is 0 Å². The summed E-state index contributed by atoms with van der Waals surface area (Å²) in [7, 11) is 3.97. The first kappa shape index (κ1) is 15.5. The number of aromatic nitrogens is 4. The molecule has 1 fully saturated rings. The quantitative estimate of drug-likeness (QED) is 0.901. The SMILES string of the molecule is Cc1cc(N(C)C)nc(NC[C@H]2CCCN2c2cccnn2)n1. The molecule has 0 saturated carbocycles. The summed E-state index contributed by atoms with van der Waals surface area (Å²) in [6.07, 6.45) is 4.01. The first-order valence-corrected chi connectivity index (χ1v) is 7.95. The van der Waals surface area contributed by atoms with Gasteiger partial charge in [0.25, 0.3) is 0 Å². The third-order valence-corrected chi connectivity index (χ3v) is 4.02. The van der Waals surface area contributed by atoms with Crippen molar-refractivity contribution in [1.82, 2.24) is 20.2 Å². The van der Waals surface area contributed by atoms with Gasteiger partial charge in [0.1, 0.15) is 5.82 Å². The minimum atomic E-state index is 0.388. The second kappa shape index (κ2) is 6.76. The Balaban J connectivity index is 1.68. The van der Waals surface area contributed by atoms with E-state index in [4.69, 9.17) is 0 Å². The Kier molecular flexibility index (Phi) is 4.55. The van der Waals surface area contributed by atoms with Gasteiger partial charge in [0, 0.05) is 51.2 Å². The maximum absolute atomic E-state index is 4.55. The number of aryl methyl sites for hydroxylation is 1. The van der Waals surface area contributed by atoms with Crippen molar-refractivity contribution in [3.63, 3.8) is 0 Å². The summed E-state index contributed by atoms with van der Waals surface area (Å²) < 4.78 is 0. The third kappa shape index (κ3) is 3.67. The molecule has 1 aliphatic heterocycles. The van der Waals surface area contributed by atoms with Crippen LogP contribution in [0.4, 0.5) is 17.6 Å². The van der Waals surface area contributed by atoms with E-state index in [1.807, 2.05) is 44.1 Å². The number of hydrogen-bond acceptors (Lipinski definition) is 7. The molecule has 0 unspecified atom stereocenters. The Bertz CT molecular complexity index is 644. The molecule has 0 bridgehead atoms. The number of hydrogen-bond donors (Lipinski definition) is 1. The van der Waals surface area contributed by atoms with Gasteiger partial charge in [-0.05, 0) is 31.9 Å². The summed E-state index contributed by atoms with van der Waals surface area (Å²) in [4.78, 5) is 13.3. The van der Waals surface area contributed by atoms with Crippen molar-refractivity contribution in [3.05, 3.63) is 30.1 Å². The second-order valence-corrected chi connectivity index (χ2v) is 6.04. The van der Waals surface area contributed by atoms with E-state index in [-0.39, 0.29) is 0 Å². The van der Waals surface area contributed by atoms with E-state index < -0.39 is 0 Å². The minimum Gasteiger partial charge on any atom is -0.363 e. The van der Waals surface area contributed by atoms with Gasteiger partial charge >= 0.3 is 0 Å². The molecule has 3 rings (SSSR count). The van der Waals surface area contributed by atoms with Crippen LogP contribution in [0.5, 0.6) is 0 Å². The van der Waals surface area contributed by atoms with Crippen LogP contribution in [0.15, 0.2) is 24.4 Å². The van der Waals surface area contributed by atoms with Crippen LogP contribution in [0.25, 0.3) is 0 Å². The van der Waals surface area contributed by atoms with Gasteiger partial charge in [-0.1, -0.05) is 0 Å². The highest BCUT2D eigenvalue weighted by molar-refractivity contribution is 5.44. The molecule has 3 heterocycles. The van der Waals surface area contributed by atoms with Gasteiger partial charge in [0.05, 0.1) is 0 Å². The van der Waals surface area contributed by atoms with Crippen molar-refractivity contribution in [2.75, 3.05) is 42.3 Å². The topological polar surface area (TPSA) is 70.1 Å². The van der Waals surface area contributed by atoms with E-state index in [1.165, 1.54) is 6.42 Å². The number of nitrogens with one attached hydrogen (secondary N) is 1. The Labute approximate surface area is 136 Å². The minimum absolute atomic E-state index is 0.388. The molecule has 0 amide bonds. The lowest BCUT2D eigenvalue weighted by atomic mass is 10.2. The van der Waals surface area contributed by atoms with E-state index >= 15 is 0 Å². The number of nitrogens with zero attached hydrogens (tertiary/aromatic N) is 6. The van der Waals surface area contributed by atoms with Crippen molar-refractivity contribution < 1.29 is 0 Å². The highest BCUT2D eigenvalue weighted by atomic mass is 15.3. The van der Waals surface area contributed by atoms with Crippen LogP contribution in [-0.4, -0.2) is 53.4 Å². The van der Waals surface area contributed by atoms with Crippen LogP contribution in [0.1, 0.15) is 18.5 Å². The predicted octanol–water partition coefficient (Wildman–Crippen LogP) is 1.72. The summed E-state index contributed by atoms with van der Waals surface area (Å²) in [5, 5.41) is 11.6. The fraction of sp³-hybridized carbons (Fsp3) is 0.500. The lowest BCUT2D eigenvalue weighted by Gasteiger charge is -2.25. The summed E-state index contributed by atoms with van der Waals surface area (Å²) in [5.74, 6) is 2.54. The van der Waals surface area contributed by atoms with E-state index in [9.17, 15) is 0 Å². The normalized spacial score (nSPS) is 17.3. The van der Waals surface area contributed by atoms with Crippen LogP contribution >= 0.6 is 0 Å². The summed E-state index contributed by atoms with van der Waals surface area (Å²) in [6.45, 7) is 3.80. The molecule has 2 aromatic heterocycles. The van der Waals surface area contributed by atoms with Crippen LogP contribution < -0.4 is 15.1 Å². The molecule has 0 aromatic carbocycles. The molecule has 23 heavy (non-hydrogen) atoms. The van der Waals surface area contributed by atoms with Crippen molar-refractivity contribution >= 4 is 17.6 Å². The van der Waals surface area contributed by atoms with Gasteiger partial charge < -0.3 is 15.1 Å². The molecule has 1 N–H and O–H groups in total. The fourth-order valence-corrected chi connectivity index (χ4v) is 2.87. The number of anilines is 3. The van der Waals surface area contributed by atoms with Crippen LogP contribution in [-0.2, 0) is 0 Å². The smallest absolute Gasteiger partial charge is 0.224 e. The van der Waals surface area contributed by atoms with E-state index in [1.54, 1.807) is 6.20 Å². The van der Waals surface area contributed by atoms with Gasteiger partial charge in [-0.25, -0.2) is 4.98 Å². The molecule has 1 atom stereocenters. The zero-order valence-corrected chi connectivity index (χ0v) is 13.9. The maximum atomic E-state index is 4.55. The molecule has 0 radical (unpaired) electrons. The Hall–Kier alpha value is -2.44. The Morgan fingerprint density at radius 3 is 2.96 bits per heavy atom. The molecule has 2 aromatic rings. The Morgan fingerprint density at radius 1 is 1.35 bits per heavy atom. The second-order valence-electron chi connectivity index (χ2n) is 6.04. The van der Waals surface area contributed by atoms with Gasteiger partial charge in [0.2, 0.25) is 5.95 Å². The van der Waals surface area contributed by atoms with E-state index in [0.717, 1.165) is 36.8 Å². The third-order valence-electron chi connectivity index (χ3n) is 4.02. The van der Waals surface area contributed by atoms with Crippen molar-refractivity contribution in [2.24, 2.45) is 0 Å². The fourth-order valence-electron chi connectivity index (χ4n) is 2.87. The molecular weight excluding hydrogens is 290 g/mol. The standard InChI is InChI=1S/C16H23N7/c1-12-10-15(22(2)3)20-16(19-12)17-11-13-6-5-9-23(13)14-7-4-8-18-21-14/h4,7-8,10,13H,5-6,9,11H2,1-3H3,(H,17,19,20)/t13-/m1/s1. The lowest BCUT2D eigenvalue weighted by Crippen LogP contribution is -2.36. The number of rotatable bonds is 5. The average molecular weight is 313 g/mol. The van der Waals surface area contributed by atoms with E-state index in [0.29, 0.717) is 12.0 Å². The van der Waals surface area contributed by atoms with Gasteiger partial charge in [-0.2, -0.15) is 10.1 Å². The van der Waals surface area contributed by atoms with Crippen molar-refractivity contribution in [1.29, 1.82) is 0 Å². The molecule has 7 nitrogen and oxygen atoms in total. The van der Waals surface area contributed by atoms with Crippen LogP contribution in [0, 0.1) is 6.92 Å².